The molecular weight excluding hydrogens is 502 g/mol. The Morgan fingerprint density at radius 1 is 0.861 bits per heavy atom. The average Bonchev–Trinajstić information content (AvgIpc) is 3.46. The highest BCUT2D eigenvalue weighted by Crippen LogP contribution is 2.39. The smallest absolute Gasteiger partial charge is 0.335 e. The summed E-state index contributed by atoms with van der Waals surface area (Å²) in [5.41, 5.74) is 2.01. The minimum atomic E-state index is -0.987. The van der Waals surface area contributed by atoms with E-state index in [0.29, 0.717) is 21.4 Å². The maximum absolute atomic E-state index is 13.5. The Kier molecular flexibility index (Phi) is 6.49. The van der Waals surface area contributed by atoms with E-state index < -0.39 is 17.6 Å². The van der Waals surface area contributed by atoms with Gasteiger partial charge in [0, 0.05) is 9.75 Å². The minimum Gasteiger partial charge on any atom is -0.478 e. The van der Waals surface area contributed by atoms with E-state index in [4.69, 9.17) is 5.11 Å². The molecule has 5 nitrogen and oxygen atoms in total. The van der Waals surface area contributed by atoms with Crippen molar-refractivity contribution in [3.05, 3.63) is 112 Å². The summed E-state index contributed by atoms with van der Waals surface area (Å²) in [6.45, 7) is 0. The van der Waals surface area contributed by atoms with Crippen LogP contribution in [0.2, 0.25) is 0 Å². The zero-order valence-corrected chi connectivity index (χ0v) is 20.0. The van der Waals surface area contributed by atoms with Crippen LogP contribution in [0, 0.1) is 11.6 Å². The molecule has 1 fully saturated rings. The van der Waals surface area contributed by atoms with Crippen molar-refractivity contribution < 1.29 is 23.5 Å². The standard InChI is InChI=1S/C27H16F2N2O3S2/c28-18-5-9-20(10-6-18)30-27-31(21-11-7-19(29)8-12-21)25(32)24(36-27)15-22-13-14-23(35-22)16-1-3-17(4-2-16)26(33)34/h1-15H,(H,33,34)/b24-15-,30-27?. The van der Waals surface area contributed by atoms with Crippen molar-refractivity contribution in [3.8, 4) is 10.4 Å². The fourth-order valence-corrected chi connectivity index (χ4v) is 5.51. The molecule has 0 saturated carbocycles. The summed E-state index contributed by atoms with van der Waals surface area (Å²) in [5.74, 6) is -2.11. The lowest BCUT2D eigenvalue weighted by Crippen LogP contribution is -2.28. The normalized spacial score (nSPS) is 15.7. The molecule has 1 amide bonds. The summed E-state index contributed by atoms with van der Waals surface area (Å²) in [7, 11) is 0. The van der Waals surface area contributed by atoms with Crippen molar-refractivity contribution >= 4 is 57.6 Å². The largest absolute Gasteiger partial charge is 0.478 e. The highest BCUT2D eigenvalue weighted by atomic mass is 32.2. The van der Waals surface area contributed by atoms with E-state index in [1.54, 1.807) is 30.3 Å². The molecule has 5 rings (SSSR count). The van der Waals surface area contributed by atoms with Crippen LogP contribution in [0.5, 0.6) is 0 Å². The second-order valence-electron chi connectivity index (χ2n) is 7.68. The monoisotopic (exact) mass is 518 g/mol. The first-order valence-electron chi connectivity index (χ1n) is 10.6. The number of rotatable bonds is 5. The molecule has 178 valence electrons. The van der Waals surface area contributed by atoms with Gasteiger partial charge in [0.2, 0.25) is 0 Å². The summed E-state index contributed by atoms with van der Waals surface area (Å²) in [5, 5.41) is 9.46. The molecule has 0 aliphatic carbocycles. The number of carboxylic acid groups (broad SMARTS) is 1. The van der Waals surface area contributed by atoms with Crippen LogP contribution in [0.4, 0.5) is 20.2 Å². The maximum Gasteiger partial charge on any atom is 0.335 e. The predicted molar refractivity (Wildman–Crippen MR) is 140 cm³/mol. The summed E-state index contributed by atoms with van der Waals surface area (Å²) < 4.78 is 26.8. The minimum absolute atomic E-state index is 0.208. The highest BCUT2D eigenvalue weighted by molar-refractivity contribution is 8.19. The molecule has 1 saturated heterocycles. The number of carbonyl (C=O) groups excluding carboxylic acids is 1. The number of thioether (sulfide) groups is 1. The molecule has 0 atom stereocenters. The summed E-state index contributed by atoms with van der Waals surface area (Å²) in [6.07, 6.45) is 1.76. The molecule has 36 heavy (non-hydrogen) atoms. The summed E-state index contributed by atoms with van der Waals surface area (Å²) in [6, 6.07) is 21.5. The quantitative estimate of drug-likeness (QED) is 0.284. The van der Waals surface area contributed by atoms with Crippen molar-refractivity contribution in [2.75, 3.05) is 4.90 Å². The van der Waals surface area contributed by atoms with E-state index in [1.165, 1.54) is 76.5 Å². The number of anilines is 1. The molecular formula is C27H16F2N2O3S2. The lowest BCUT2D eigenvalue weighted by molar-refractivity contribution is -0.113. The van der Waals surface area contributed by atoms with Crippen LogP contribution in [-0.2, 0) is 4.79 Å². The zero-order chi connectivity index (χ0) is 25.2. The van der Waals surface area contributed by atoms with Gasteiger partial charge in [-0.1, -0.05) is 12.1 Å². The van der Waals surface area contributed by atoms with Gasteiger partial charge in [0.05, 0.1) is 21.8 Å². The number of hydrogen-bond acceptors (Lipinski definition) is 5. The van der Waals surface area contributed by atoms with Crippen LogP contribution in [0.1, 0.15) is 15.2 Å². The van der Waals surface area contributed by atoms with Gasteiger partial charge in [0.1, 0.15) is 11.6 Å². The van der Waals surface area contributed by atoms with Crippen LogP contribution in [0.15, 0.2) is 94.8 Å². The average molecular weight is 519 g/mol. The highest BCUT2D eigenvalue weighted by Gasteiger charge is 2.35. The van der Waals surface area contributed by atoms with Gasteiger partial charge >= 0.3 is 5.97 Å². The first kappa shape index (κ1) is 23.7. The molecule has 0 radical (unpaired) electrons. The van der Waals surface area contributed by atoms with Gasteiger partial charge in [-0.05, 0) is 96.2 Å². The van der Waals surface area contributed by atoms with Crippen LogP contribution in [0.25, 0.3) is 16.5 Å². The van der Waals surface area contributed by atoms with Crippen LogP contribution in [0.3, 0.4) is 0 Å². The lowest BCUT2D eigenvalue weighted by Gasteiger charge is -2.15. The van der Waals surface area contributed by atoms with Crippen molar-refractivity contribution in [3.63, 3.8) is 0 Å². The number of aliphatic imine (C=N–C) groups is 1. The predicted octanol–water partition coefficient (Wildman–Crippen LogP) is 7.20. The number of nitrogens with zero attached hydrogens (tertiary/aromatic N) is 2. The van der Waals surface area contributed by atoms with E-state index in [9.17, 15) is 18.4 Å². The molecule has 3 aromatic carbocycles. The summed E-state index contributed by atoms with van der Waals surface area (Å²) >= 11 is 2.63. The number of amides is 1. The topological polar surface area (TPSA) is 70.0 Å². The van der Waals surface area contributed by atoms with Gasteiger partial charge in [0.15, 0.2) is 5.17 Å². The van der Waals surface area contributed by atoms with E-state index in [0.717, 1.165) is 15.3 Å². The number of aromatic carboxylic acids is 1. The van der Waals surface area contributed by atoms with E-state index in [1.807, 2.05) is 12.1 Å². The second-order valence-corrected chi connectivity index (χ2v) is 9.81. The van der Waals surface area contributed by atoms with Crippen molar-refractivity contribution in [1.29, 1.82) is 0 Å². The Bertz CT molecular complexity index is 1510. The number of carboxylic acids is 1. The maximum atomic E-state index is 13.5. The van der Waals surface area contributed by atoms with Gasteiger partial charge in [-0.25, -0.2) is 18.6 Å². The molecule has 1 N–H and O–H groups in total. The van der Waals surface area contributed by atoms with Gasteiger partial charge in [-0.3, -0.25) is 9.69 Å². The third kappa shape index (κ3) is 4.98. The van der Waals surface area contributed by atoms with Gasteiger partial charge in [-0.2, -0.15) is 0 Å². The molecule has 4 aromatic rings. The van der Waals surface area contributed by atoms with Crippen molar-refractivity contribution in [1.82, 2.24) is 0 Å². The fraction of sp³-hybridized carbons (Fsp3) is 0. The number of hydrogen-bond donors (Lipinski definition) is 1. The molecule has 0 bridgehead atoms. The SMILES string of the molecule is O=C(O)c1ccc(-c2ccc(/C=C3\SC(=Nc4ccc(F)cc4)N(c4ccc(F)cc4)C3=O)s2)cc1. The third-order valence-corrected chi connectivity index (χ3v) is 7.31. The molecule has 2 heterocycles. The molecule has 1 aromatic heterocycles. The first-order valence-corrected chi connectivity index (χ1v) is 12.3. The van der Waals surface area contributed by atoms with E-state index >= 15 is 0 Å². The Hall–Kier alpha value is -4.08. The number of benzene rings is 3. The van der Waals surface area contributed by atoms with Crippen molar-refractivity contribution in [2.24, 2.45) is 4.99 Å². The Morgan fingerprint density at radius 2 is 1.50 bits per heavy atom. The summed E-state index contributed by atoms with van der Waals surface area (Å²) in [4.78, 5) is 32.6. The van der Waals surface area contributed by atoms with Crippen LogP contribution < -0.4 is 4.90 Å². The fourth-order valence-electron chi connectivity index (χ4n) is 3.48. The van der Waals surface area contributed by atoms with Crippen molar-refractivity contribution in [2.45, 2.75) is 0 Å². The number of amidine groups is 1. The number of halogens is 2. The second kappa shape index (κ2) is 9.88. The van der Waals surface area contributed by atoms with E-state index in [2.05, 4.69) is 4.99 Å². The van der Waals surface area contributed by atoms with Gasteiger partial charge in [-0.15, -0.1) is 11.3 Å². The molecule has 0 spiro atoms. The molecule has 1 aliphatic rings. The van der Waals surface area contributed by atoms with Gasteiger partial charge in [0.25, 0.3) is 5.91 Å². The van der Waals surface area contributed by atoms with Crippen LogP contribution >= 0.6 is 23.1 Å². The van der Waals surface area contributed by atoms with Crippen LogP contribution in [-0.4, -0.2) is 22.2 Å². The van der Waals surface area contributed by atoms with Gasteiger partial charge < -0.3 is 5.11 Å². The Balaban J connectivity index is 1.48. The molecule has 9 heteroatoms. The Morgan fingerprint density at radius 3 is 2.14 bits per heavy atom. The lowest BCUT2D eigenvalue weighted by atomic mass is 10.1. The molecule has 1 aliphatic heterocycles. The molecule has 0 unspecified atom stereocenters. The Labute approximate surface area is 213 Å². The number of carbonyl (C=O) groups is 2. The third-order valence-electron chi connectivity index (χ3n) is 5.26. The zero-order valence-electron chi connectivity index (χ0n) is 18.4. The number of thiophene rings is 1. The van der Waals surface area contributed by atoms with E-state index in [-0.39, 0.29) is 11.5 Å². The first-order chi connectivity index (χ1) is 17.4.